The summed E-state index contributed by atoms with van der Waals surface area (Å²) in [5, 5.41) is 4.11. The average Bonchev–Trinajstić information content (AvgIpc) is 2.49. The first-order valence-corrected chi connectivity index (χ1v) is 6.35. The number of carbonyl (C=O) groups excluding carboxylic acids is 1. The fourth-order valence-electron chi connectivity index (χ4n) is 2.00. The Hall–Kier alpha value is -2.43. The Kier molecular flexibility index (Phi) is 3.98. The molecular weight excluding hydrogens is 256 g/mol. The second-order valence-corrected chi connectivity index (χ2v) is 4.41. The van der Waals surface area contributed by atoms with E-state index in [4.69, 9.17) is 0 Å². The van der Waals surface area contributed by atoms with E-state index >= 15 is 0 Å². The van der Waals surface area contributed by atoms with Crippen molar-refractivity contribution in [1.82, 2.24) is 9.78 Å². The lowest BCUT2D eigenvalue weighted by Crippen LogP contribution is -2.24. The molecule has 0 radical (unpaired) electrons. The van der Waals surface area contributed by atoms with Gasteiger partial charge in [-0.15, -0.1) is 0 Å². The standard InChI is InChI=1S/C15H16N2O3/c1-4-11-7-5-6-8-12(11)17-9-10(2)14(18)13(16-17)15(19)20-3/h5-9H,4H2,1-3H3. The van der Waals surface area contributed by atoms with Crippen molar-refractivity contribution in [3.8, 4) is 5.69 Å². The Morgan fingerprint density at radius 1 is 1.35 bits per heavy atom. The van der Waals surface area contributed by atoms with Crippen LogP contribution in [0.3, 0.4) is 0 Å². The van der Waals surface area contributed by atoms with E-state index in [1.807, 2.05) is 31.2 Å². The van der Waals surface area contributed by atoms with Gasteiger partial charge in [-0.3, -0.25) is 4.79 Å². The van der Waals surface area contributed by atoms with E-state index in [-0.39, 0.29) is 5.69 Å². The van der Waals surface area contributed by atoms with Crippen LogP contribution in [0.2, 0.25) is 0 Å². The van der Waals surface area contributed by atoms with Crippen LogP contribution in [0.1, 0.15) is 28.5 Å². The van der Waals surface area contributed by atoms with Crippen LogP contribution in [0, 0.1) is 6.92 Å². The van der Waals surface area contributed by atoms with Crippen molar-refractivity contribution in [3.05, 3.63) is 57.5 Å². The zero-order chi connectivity index (χ0) is 14.7. The molecule has 0 N–H and O–H groups in total. The molecule has 0 aliphatic rings. The number of hydrogen-bond acceptors (Lipinski definition) is 4. The number of rotatable bonds is 3. The van der Waals surface area contributed by atoms with Crippen molar-refractivity contribution >= 4 is 5.97 Å². The predicted octanol–water partition coefficient (Wildman–Crippen LogP) is 1.89. The van der Waals surface area contributed by atoms with Gasteiger partial charge in [-0.25, -0.2) is 9.48 Å². The van der Waals surface area contributed by atoms with Gasteiger partial charge in [-0.2, -0.15) is 5.10 Å². The van der Waals surface area contributed by atoms with Crippen LogP contribution in [0.4, 0.5) is 0 Å². The summed E-state index contributed by atoms with van der Waals surface area (Å²) in [7, 11) is 1.23. The highest BCUT2D eigenvalue weighted by atomic mass is 16.5. The molecule has 0 aliphatic carbocycles. The molecule has 20 heavy (non-hydrogen) atoms. The largest absolute Gasteiger partial charge is 0.464 e. The topological polar surface area (TPSA) is 61.2 Å². The molecular formula is C15H16N2O3. The molecule has 0 aliphatic heterocycles. The van der Waals surface area contributed by atoms with E-state index in [9.17, 15) is 9.59 Å². The number of ether oxygens (including phenoxy) is 1. The molecule has 2 rings (SSSR count). The minimum atomic E-state index is -0.721. The van der Waals surface area contributed by atoms with Crippen LogP contribution in [0.25, 0.3) is 5.69 Å². The summed E-state index contributed by atoms with van der Waals surface area (Å²) >= 11 is 0. The summed E-state index contributed by atoms with van der Waals surface area (Å²) in [6.07, 6.45) is 2.46. The van der Waals surface area contributed by atoms with E-state index in [0.717, 1.165) is 17.7 Å². The highest BCUT2D eigenvalue weighted by molar-refractivity contribution is 5.87. The molecule has 0 fully saturated rings. The summed E-state index contributed by atoms with van der Waals surface area (Å²) in [5.74, 6) is -0.721. The van der Waals surface area contributed by atoms with Gasteiger partial charge >= 0.3 is 5.97 Å². The summed E-state index contributed by atoms with van der Waals surface area (Å²) < 4.78 is 6.16. The second kappa shape index (κ2) is 5.69. The number of aromatic nitrogens is 2. The highest BCUT2D eigenvalue weighted by Gasteiger charge is 2.16. The van der Waals surface area contributed by atoms with Crippen molar-refractivity contribution in [2.24, 2.45) is 0 Å². The van der Waals surface area contributed by atoms with Crippen LogP contribution in [0.5, 0.6) is 0 Å². The summed E-state index contributed by atoms with van der Waals surface area (Å²) in [5.41, 5.74) is 1.79. The third-order valence-electron chi connectivity index (χ3n) is 3.09. The van der Waals surface area contributed by atoms with Crippen LogP contribution in [0.15, 0.2) is 35.3 Å². The summed E-state index contributed by atoms with van der Waals surface area (Å²) in [6, 6.07) is 7.72. The van der Waals surface area contributed by atoms with E-state index in [0.29, 0.717) is 5.56 Å². The van der Waals surface area contributed by atoms with Gasteiger partial charge < -0.3 is 4.74 Å². The molecule has 0 saturated heterocycles. The molecule has 0 saturated carbocycles. The van der Waals surface area contributed by atoms with E-state index in [1.165, 1.54) is 7.11 Å². The van der Waals surface area contributed by atoms with Crippen LogP contribution in [-0.4, -0.2) is 22.9 Å². The first-order valence-electron chi connectivity index (χ1n) is 6.35. The Morgan fingerprint density at radius 3 is 2.70 bits per heavy atom. The number of hydrogen-bond donors (Lipinski definition) is 0. The molecule has 2 aromatic rings. The molecule has 5 nitrogen and oxygen atoms in total. The lowest BCUT2D eigenvalue weighted by molar-refractivity contribution is 0.0590. The number of methoxy groups -OCH3 is 1. The zero-order valence-corrected chi connectivity index (χ0v) is 11.7. The molecule has 0 unspecified atom stereocenters. The number of esters is 1. The number of nitrogens with zero attached hydrogens (tertiary/aromatic N) is 2. The van der Waals surface area contributed by atoms with Crippen molar-refractivity contribution in [1.29, 1.82) is 0 Å². The molecule has 0 bridgehead atoms. The van der Waals surface area contributed by atoms with Gasteiger partial charge in [-0.1, -0.05) is 25.1 Å². The lowest BCUT2D eigenvalue weighted by atomic mass is 10.1. The van der Waals surface area contributed by atoms with E-state index in [2.05, 4.69) is 9.84 Å². The Bertz CT molecular complexity index is 705. The number of para-hydroxylation sites is 1. The molecule has 5 heteroatoms. The Labute approximate surface area is 116 Å². The van der Waals surface area contributed by atoms with Gasteiger partial charge in [-0.05, 0) is 25.0 Å². The van der Waals surface area contributed by atoms with Crippen molar-refractivity contribution in [2.75, 3.05) is 7.11 Å². The smallest absolute Gasteiger partial charge is 0.362 e. The molecule has 1 aromatic heterocycles. The fourth-order valence-corrected chi connectivity index (χ4v) is 2.00. The maximum atomic E-state index is 11.9. The monoisotopic (exact) mass is 272 g/mol. The lowest BCUT2D eigenvalue weighted by Gasteiger charge is -2.11. The van der Waals surface area contributed by atoms with Gasteiger partial charge in [0.05, 0.1) is 12.8 Å². The van der Waals surface area contributed by atoms with Gasteiger partial charge in [0.15, 0.2) is 0 Å². The molecule has 0 amide bonds. The third kappa shape index (κ3) is 2.47. The quantitative estimate of drug-likeness (QED) is 0.800. The second-order valence-electron chi connectivity index (χ2n) is 4.41. The van der Waals surface area contributed by atoms with Gasteiger partial charge in [0.2, 0.25) is 11.1 Å². The number of benzene rings is 1. The minimum Gasteiger partial charge on any atom is -0.464 e. The summed E-state index contributed by atoms with van der Waals surface area (Å²) in [6.45, 7) is 3.69. The van der Waals surface area contributed by atoms with Crippen molar-refractivity contribution < 1.29 is 9.53 Å². The van der Waals surface area contributed by atoms with E-state index in [1.54, 1.807) is 17.8 Å². The first-order chi connectivity index (χ1) is 9.58. The highest BCUT2D eigenvalue weighted by Crippen LogP contribution is 2.14. The number of carbonyl (C=O) groups is 1. The molecule has 1 heterocycles. The van der Waals surface area contributed by atoms with E-state index < -0.39 is 11.4 Å². The predicted molar refractivity (Wildman–Crippen MR) is 75.3 cm³/mol. The maximum Gasteiger partial charge on any atom is 0.362 e. The number of aryl methyl sites for hydroxylation is 2. The minimum absolute atomic E-state index is 0.196. The fraction of sp³-hybridized carbons (Fsp3) is 0.267. The van der Waals surface area contributed by atoms with Crippen LogP contribution in [-0.2, 0) is 11.2 Å². The van der Waals surface area contributed by atoms with Crippen molar-refractivity contribution in [2.45, 2.75) is 20.3 Å². The average molecular weight is 272 g/mol. The maximum absolute atomic E-state index is 11.9. The van der Waals surface area contributed by atoms with Crippen molar-refractivity contribution in [3.63, 3.8) is 0 Å². The normalized spacial score (nSPS) is 10.3. The van der Waals surface area contributed by atoms with Crippen LogP contribution >= 0.6 is 0 Å². The van der Waals surface area contributed by atoms with Gasteiger partial charge in [0, 0.05) is 11.8 Å². The summed E-state index contributed by atoms with van der Waals surface area (Å²) in [4.78, 5) is 23.6. The first kappa shape index (κ1) is 14.0. The SMILES string of the molecule is CCc1ccccc1-n1cc(C)c(=O)c(C(=O)OC)n1. The third-order valence-corrected chi connectivity index (χ3v) is 3.09. The molecule has 1 aromatic carbocycles. The molecule has 0 atom stereocenters. The molecule has 0 spiro atoms. The van der Waals surface area contributed by atoms with Crippen LogP contribution < -0.4 is 5.43 Å². The van der Waals surface area contributed by atoms with Gasteiger partial charge in [0.1, 0.15) is 0 Å². The molecule has 104 valence electrons. The Balaban J connectivity index is 2.67. The van der Waals surface area contributed by atoms with Gasteiger partial charge in [0.25, 0.3) is 0 Å². The Morgan fingerprint density at radius 2 is 2.05 bits per heavy atom. The zero-order valence-electron chi connectivity index (χ0n) is 11.7.